The summed E-state index contributed by atoms with van der Waals surface area (Å²) in [6.07, 6.45) is -1.57. The van der Waals surface area contributed by atoms with Crippen LogP contribution in [0, 0.1) is 0 Å². The van der Waals surface area contributed by atoms with Gasteiger partial charge in [0.05, 0.1) is 25.4 Å². The van der Waals surface area contributed by atoms with Gasteiger partial charge in [-0.3, -0.25) is 4.98 Å². The summed E-state index contributed by atoms with van der Waals surface area (Å²) in [6.45, 7) is 16.4. The molecule has 1 saturated heterocycles. The summed E-state index contributed by atoms with van der Waals surface area (Å²) in [7, 11) is -1.75. The Morgan fingerprint density at radius 1 is 1.00 bits per heavy atom. The van der Waals surface area contributed by atoms with Crippen molar-refractivity contribution in [3.8, 4) is 0 Å². The van der Waals surface area contributed by atoms with Crippen LogP contribution in [-0.4, -0.2) is 18.6 Å². The van der Waals surface area contributed by atoms with Crippen LogP contribution in [0.2, 0.25) is 23.7 Å². The molecule has 6 heteroatoms. The molecule has 0 saturated carbocycles. The lowest BCUT2D eigenvalue weighted by molar-refractivity contribution is -0.137. The second-order valence-electron chi connectivity index (χ2n) is 10.6. The predicted molar refractivity (Wildman–Crippen MR) is 121 cm³/mol. The lowest BCUT2D eigenvalue weighted by Crippen LogP contribution is -2.52. The monoisotopic (exact) mass is 434 g/mol. The summed E-state index contributed by atoms with van der Waals surface area (Å²) in [5, 5.41) is 0.208. The molecule has 3 rings (SSSR count). The molecule has 0 aliphatic carbocycles. The SMILES string of the molecule is CC1(C)C([Si](C)(C)C(C)(C)C)CC(c2ccccn2)N1c1ccc(C(F)(F)F)cc1. The number of halogens is 3. The van der Waals surface area contributed by atoms with Crippen molar-refractivity contribution in [2.45, 2.75) is 82.5 Å². The van der Waals surface area contributed by atoms with E-state index in [4.69, 9.17) is 0 Å². The van der Waals surface area contributed by atoms with Crippen molar-refractivity contribution in [1.29, 1.82) is 0 Å². The number of benzene rings is 1. The maximum Gasteiger partial charge on any atom is 0.416 e. The van der Waals surface area contributed by atoms with E-state index in [1.165, 1.54) is 12.1 Å². The van der Waals surface area contributed by atoms with Crippen molar-refractivity contribution in [2.24, 2.45) is 0 Å². The molecule has 2 atom stereocenters. The van der Waals surface area contributed by atoms with Gasteiger partial charge in [0.2, 0.25) is 0 Å². The van der Waals surface area contributed by atoms with Gasteiger partial charge >= 0.3 is 6.18 Å². The highest BCUT2D eigenvalue weighted by Gasteiger charge is 2.57. The van der Waals surface area contributed by atoms with Gasteiger partial charge < -0.3 is 4.90 Å². The Bertz CT molecular complexity index is 868. The summed E-state index contributed by atoms with van der Waals surface area (Å²) in [6, 6.07) is 11.6. The first-order chi connectivity index (χ1) is 13.7. The summed E-state index contributed by atoms with van der Waals surface area (Å²) < 4.78 is 39.4. The standard InChI is InChI=1S/C24H33F3N2Si/c1-22(2,3)30(6,7)21-16-20(19-10-8-9-15-28-19)29(23(21,4)5)18-13-11-17(12-14-18)24(25,26)27/h8-15,20-21H,16H2,1-7H3. The second-order valence-corrected chi connectivity index (χ2v) is 16.2. The molecule has 1 aromatic carbocycles. The van der Waals surface area contributed by atoms with Gasteiger partial charge in [0.15, 0.2) is 0 Å². The van der Waals surface area contributed by atoms with E-state index in [9.17, 15) is 13.2 Å². The average molecular weight is 435 g/mol. The number of anilines is 1. The molecule has 0 bridgehead atoms. The Labute approximate surface area is 179 Å². The molecule has 1 aliphatic rings. The molecule has 30 heavy (non-hydrogen) atoms. The maximum absolute atomic E-state index is 13.1. The summed E-state index contributed by atoms with van der Waals surface area (Å²) >= 11 is 0. The fourth-order valence-corrected chi connectivity index (χ4v) is 8.80. The quantitative estimate of drug-likeness (QED) is 0.460. The highest BCUT2D eigenvalue weighted by molar-refractivity contribution is 6.81. The Balaban J connectivity index is 2.11. The minimum Gasteiger partial charge on any atom is -0.358 e. The van der Waals surface area contributed by atoms with Gasteiger partial charge in [-0.15, -0.1) is 0 Å². The first kappa shape index (κ1) is 22.9. The lowest BCUT2D eigenvalue weighted by atomic mass is 10.0. The second kappa shape index (κ2) is 7.40. The van der Waals surface area contributed by atoms with Gasteiger partial charge in [-0.05, 0) is 67.2 Å². The zero-order chi connectivity index (χ0) is 22.5. The normalized spacial score (nSPS) is 22.4. The van der Waals surface area contributed by atoms with Gasteiger partial charge in [-0.2, -0.15) is 13.2 Å². The minimum absolute atomic E-state index is 0.0389. The number of aromatic nitrogens is 1. The zero-order valence-electron chi connectivity index (χ0n) is 19.0. The topological polar surface area (TPSA) is 16.1 Å². The summed E-state index contributed by atoms with van der Waals surface area (Å²) in [5.74, 6) is 0. The van der Waals surface area contributed by atoms with Gasteiger partial charge in [-0.25, -0.2) is 0 Å². The largest absolute Gasteiger partial charge is 0.416 e. The van der Waals surface area contributed by atoms with Crippen LogP contribution in [0.3, 0.4) is 0 Å². The number of rotatable bonds is 3. The molecular formula is C24H33F3N2Si. The van der Waals surface area contributed by atoms with Gasteiger partial charge in [-0.1, -0.05) is 39.9 Å². The van der Waals surface area contributed by atoms with E-state index in [-0.39, 0.29) is 16.6 Å². The third kappa shape index (κ3) is 3.91. The average Bonchev–Trinajstić information content (AvgIpc) is 2.92. The van der Waals surface area contributed by atoms with E-state index in [0.29, 0.717) is 5.54 Å². The molecule has 0 spiro atoms. The minimum atomic E-state index is -4.33. The first-order valence-electron chi connectivity index (χ1n) is 10.5. The first-order valence-corrected chi connectivity index (χ1v) is 13.6. The molecule has 1 aromatic heterocycles. The molecule has 0 radical (unpaired) electrons. The molecule has 164 valence electrons. The van der Waals surface area contributed by atoms with Crippen LogP contribution in [0.1, 0.15) is 58.3 Å². The van der Waals surface area contributed by atoms with Gasteiger partial charge in [0.25, 0.3) is 0 Å². The zero-order valence-corrected chi connectivity index (χ0v) is 20.0. The van der Waals surface area contributed by atoms with Crippen LogP contribution in [0.4, 0.5) is 18.9 Å². The predicted octanol–water partition coefficient (Wildman–Crippen LogP) is 7.71. The van der Waals surface area contributed by atoms with Gasteiger partial charge in [0.1, 0.15) is 0 Å². The smallest absolute Gasteiger partial charge is 0.358 e. The van der Waals surface area contributed by atoms with Crippen molar-refractivity contribution >= 4 is 13.8 Å². The molecule has 2 heterocycles. The summed E-state index contributed by atoms with van der Waals surface area (Å²) in [4.78, 5) is 6.95. The van der Waals surface area contributed by atoms with Crippen LogP contribution in [0.5, 0.6) is 0 Å². The molecule has 2 unspecified atom stereocenters. The number of pyridine rings is 1. The third-order valence-corrected chi connectivity index (χ3v) is 14.1. The van der Waals surface area contributed by atoms with Crippen LogP contribution < -0.4 is 4.90 Å². The van der Waals surface area contributed by atoms with E-state index >= 15 is 0 Å². The molecular weight excluding hydrogens is 401 g/mol. The van der Waals surface area contributed by atoms with Crippen molar-refractivity contribution in [3.63, 3.8) is 0 Å². The van der Waals surface area contributed by atoms with Crippen LogP contribution >= 0.6 is 0 Å². The fourth-order valence-electron chi connectivity index (χ4n) is 5.04. The highest BCUT2D eigenvalue weighted by atomic mass is 28.3. The number of hydrogen-bond acceptors (Lipinski definition) is 2. The molecule has 1 aliphatic heterocycles. The Hall–Kier alpha value is -1.82. The Morgan fingerprint density at radius 3 is 2.07 bits per heavy atom. The molecule has 1 fully saturated rings. The van der Waals surface area contributed by atoms with E-state index < -0.39 is 19.8 Å². The molecule has 0 amide bonds. The van der Waals surface area contributed by atoms with Crippen LogP contribution in [0.15, 0.2) is 48.7 Å². The number of alkyl halides is 3. The van der Waals surface area contributed by atoms with Gasteiger partial charge in [0, 0.05) is 17.4 Å². The molecule has 2 aromatic rings. The van der Waals surface area contributed by atoms with E-state index in [1.807, 2.05) is 18.2 Å². The summed E-state index contributed by atoms with van der Waals surface area (Å²) in [5.41, 5.74) is 1.44. The van der Waals surface area contributed by atoms with Crippen molar-refractivity contribution in [1.82, 2.24) is 4.98 Å². The number of nitrogens with zero attached hydrogens (tertiary/aromatic N) is 2. The fraction of sp³-hybridized carbons (Fsp3) is 0.542. The Morgan fingerprint density at radius 2 is 1.60 bits per heavy atom. The van der Waals surface area contributed by atoms with E-state index in [2.05, 4.69) is 57.6 Å². The lowest BCUT2D eigenvalue weighted by Gasteiger charge is -2.49. The van der Waals surface area contributed by atoms with Crippen molar-refractivity contribution < 1.29 is 13.2 Å². The highest BCUT2D eigenvalue weighted by Crippen LogP contribution is 2.59. The maximum atomic E-state index is 13.1. The molecule has 0 N–H and O–H groups in total. The van der Waals surface area contributed by atoms with Crippen molar-refractivity contribution in [3.05, 3.63) is 59.9 Å². The van der Waals surface area contributed by atoms with Crippen LogP contribution in [0.25, 0.3) is 0 Å². The molecule has 2 nitrogen and oxygen atoms in total. The van der Waals surface area contributed by atoms with E-state index in [1.54, 1.807) is 18.3 Å². The van der Waals surface area contributed by atoms with E-state index in [0.717, 1.165) is 17.8 Å². The van der Waals surface area contributed by atoms with Crippen molar-refractivity contribution in [2.75, 3.05) is 4.90 Å². The van der Waals surface area contributed by atoms with Crippen LogP contribution in [-0.2, 0) is 6.18 Å². The third-order valence-electron chi connectivity index (χ3n) is 7.55. The number of hydrogen-bond donors (Lipinski definition) is 0. The Kier molecular flexibility index (Phi) is 5.63.